The van der Waals surface area contributed by atoms with Gasteiger partial charge in [-0.2, -0.15) is 0 Å². The van der Waals surface area contributed by atoms with Gasteiger partial charge in [-0.3, -0.25) is 0 Å². The molecule has 0 atom stereocenters. The third-order valence-electron chi connectivity index (χ3n) is 3.72. The highest BCUT2D eigenvalue weighted by Crippen LogP contribution is 2.37. The molecule has 5 nitrogen and oxygen atoms in total. The van der Waals surface area contributed by atoms with Crippen LogP contribution in [-0.2, 0) is 0 Å². The molecule has 0 fully saturated rings. The Bertz CT molecular complexity index is 1030. The number of nitrogens with one attached hydrogen (secondary N) is 1. The molecule has 0 amide bonds. The van der Waals surface area contributed by atoms with Crippen molar-refractivity contribution in [1.82, 2.24) is 9.97 Å². The maximum atomic E-state index is 10.00. The summed E-state index contributed by atoms with van der Waals surface area (Å²) in [6.07, 6.45) is 1.79. The van der Waals surface area contributed by atoms with Crippen LogP contribution in [0, 0.1) is 6.92 Å². The molecule has 2 aromatic carbocycles. The normalized spacial score (nSPS) is 11.5. The number of hydrogen-bond donors (Lipinski definition) is 2. The van der Waals surface area contributed by atoms with E-state index in [1.807, 2.05) is 24.3 Å². The first-order valence-electron chi connectivity index (χ1n) is 7.45. The van der Waals surface area contributed by atoms with Crippen molar-refractivity contribution in [2.24, 2.45) is 10.2 Å². The van der Waals surface area contributed by atoms with Gasteiger partial charge in [-0.15, -0.1) is 10.2 Å². The summed E-state index contributed by atoms with van der Waals surface area (Å²) in [7, 11) is 0. The van der Waals surface area contributed by atoms with Crippen molar-refractivity contribution >= 4 is 33.1 Å². The molecular weight excluding hydrogens is 320 g/mol. The molecule has 2 heterocycles. The van der Waals surface area contributed by atoms with Crippen molar-refractivity contribution < 1.29 is 5.11 Å². The number of H-pyrrole nitrogens is 1. The van der Waals surface area contributed by atoms with Crippen LogP contribution in [-0.4, -0.2) is 15.1 Å². The second kappa shape index (κ2) is 5.90. The van der Waals surface area contributed by atoms with Crippen LogP contribution in [0.15, 0.2) is 65.0 Å². The summed E-state index contributed by atoms with van der Waals surface area (Å²) < 4.78 is 0. The number of aromatic nitrogens is 2. The minimum absolute atomic E-state index is 0.00950. The number of nitrogens with zero attached hydrogens (tertiary/aromatic N) is 3. The molecule has 0 bridgehead atoms. The zero-order valence-corrected chi connectivity index (χ0v) is 13.7. The highest BCUT2D eigenvalue weighted by Gasteiger charge is 2.10. The van der Waals surface area contributed by atoms with Crippen molar-refractivity contribution in [2.45, 2.75) is 6.92 Å². The van der Waals surface area contributed by atoms with Gasteiger partial charge in [0.1, 0.15) is 0 Å². The number of thiazole rings is 1. The first kappa shape index (κ1) is 14.6. The fourth-order valence-corrected chi connectivity index (χ4v) is 3.21. The van der Waals surface area contributed by atoms with Gasteiger partial charge in [-0.25, -0.2) is 4.98 Å². The largest absolute Gasteiger partial charge is 0.493 e. The van der Waals surface area contributed by atoms with Crippen LogP contribution < -0.4 is 0 Å². The Kier molecular flexibility index (Phi) is 3.59. The maximum Gasteiger partial charge on any atom is 0.230 e. The Morgan fingerprint density at radius 2 is 1.83 bits per heavy atom. The number of fused-ring (bicyclic) bond motifs is 1. The number of aryl methyl sites for hydroxylation is 1. The van der Waals surface area contributed by atoms with Gasteiger partial charge in [-0.05, 0) is 18.6 Å². The summed E-state index contributed by atoms with van der Waals surface area (Å²) in [6, 6.07) is 15.8. The third-order valence-corrected chi connectivity index (χ3v) is 4.66. The molecule has 24 heavy (non-hydrogen) atoms. The molecule has 0 aliphatic carbocycles. The van der Waals surface area contributed by atoms with Crippen LogP contribution in [0.25, 0.3) is 21.3 Å². The second-order valence-corrected chi connectivity index (χ2v) is 6.45. The molecule has 0 saturated heterocycles. The van der Waals surface area contributed by atoms with Gasteiger partial charge in [0.2, 0.25) is 11.0 Å². The van der Waals surface area contributed by atoms with E-state index in [1.54, 1.807) is 6.20 Å². The first-order valence-corrected chi connectivity index (χ1v) is 8.26. The lowest BCUT2D eigenvalue weighted by Gasteiger charge is -1.96. The average Bonchev–Trinajstić information content (AvgIpc) is 3.17. The molecule has 2 aromatic heterocycles. The average molecular weight is 334 g/mol. The Labute approximate surface area is 142 Å². The predicted molar refractivity (Wildman–Crippen MR) is 96.4 cm³/mol. The minimum atomic E-state index is 0.00950. The summed E-state index contributed by atoms with van der Waals surface area (Å²) in [6.45, 7) is 2.06. The summed E-state index contributed by atoms with van der Waals surface area (Å²) in [5.74, 6) is 0.00950. The van der Waals surface area contributed by atoms with E-state index >= 15 is 0 Å². The van der Waals surface area contributed by atoms with Crippen LogP contribution in [0.2, 0.25) is 0 Å². The smallest absolute Gasteiger partial charge is 0.230 e. The number of aromatic hydroxyl groups is 1. The lowest BCUT2D eigenvalue weighted by atomic mass is 10.1. The van der Waals surface area contributed by atoms with Gasteiger partial charge in [-0.1, -0.05) is 59.4 Å². The fourth-order valence-electron chi connectivity index (χ4n) is 2.47. The molecule has 0 aliphatic heterocycles. The number of aromatic amines is 1. The molecule has 6 heteroatoms. The van der Waals surface area contributed by atoms with E-state index in [9.17, 15) is 5.11 Å². The number of azo groups is 1. The quantitative estimate of drug-likeness (QED) is 0.470. The standard InChI is InChI=1S/C18H14N4OS/c1-11-6-8-12(9-7-11)15-10-19-18(24-15)22-21-16-13-4-2-3-5-14(13)20-17(16)23/h2-10,20,23H,1H3. The van der Waals surface area contributed by atoms with Gasteiger partial charge in [0.25, 0.3) is 0 Å². The van der Waals surface area contributed by atoms with E-state index in [0.29, 0.717) is 10.8 Å². The van der Waals surface area contributed by atoms with Crippen LogP contribution in [0.5, 0.6) is 5.88 Å². The van der Waals surface area contributed by atoms with E-state index in [1.165, 1.54) is 16.9 Å². The lowest BCUT2D eigenvalue weighted by molar-refractivity contribution is 0.459. The molecule has 0 radical (unpaired) electrons. The Morgan fingerprint density at radius 1 is 1.04 bits per heavy atom. The first-order chi connectivity index (χ1) is 11.7. The second-order valence-electron chi connectivity index (χ2n) is 5.44. The highest BCUT2D eigenvalue weighted by atomic mass is 32.1. The Balaban J connectivity index is 1.64. The van der Waals surface area contributed by atoms with Crippen molar-refractivity contribution in [3.63, 3.8) is 0 Å². The molecule has 0 spiro atoms. The van der Waals surface area contributed by atoms with E-state index in [0.717, 1.165) is 21.3 Å². The number of para-hydroxylation sites is 1. The van der Waals surface area contributed by atoms with Crippen LogP contribution in [0.4, 0.5) is 10.8 Å². The molecule has 4 rings (SSSR count). The molecule has 0 saturated carbocycles. The van der Waals surface area contributed by atoms with Crippen molar-refractivity contribution in [3.05, 3.63) is 60.3 Å². The minimum Gasteiger partial charge on any atom is -0.493 e. The number of rotatable bonds is 3. The lowest BCUT2D eigenvalue weighted by Crippen LogP contribution is -1.73. The van der Waals surface area contributed by atoms with Crippen LogP contribution >= 0.6 is 11.3 Å². The number of benzene rings is 2. The topological polar surface area (TPSA) is 73.6 Å². The zero-order chi connectivity index (χ0) is 16.5. The van der Waals surface area contributed by atoms with E-state index in [2.05, 4.69) is 51.4 Å². The fraction of sp³-hybridized carbons (Fsp3) is 0.0556. The molecule has 0 aliphatic rings. The van der Waals surface area contributed by atoms with Crippen LogP contribution in [0.1, 0.15) is 5.56 Å². The molecular formula is C18H14N4OS. The molecule has 4 aromatic rings. The van der Waals surface area contributed by atoms with Crippen LogP contribution in [0.3, 0.4) is 0 Å². The van der Waals surface area contributed by atoms with Gasteiger partial charge < -0.3 is 10.1 Å². The Hall–Kier alpha value is -2.99. The van der Waals surface area contributed by atoms with E-state index in [-0.39, 0.29) is 5.88 Å². The van der Waals surface area contributed by atoms with Gasteiger partial charge >= 0.3 is 0 Å². The summed E-state index contributed by atoms with van der Waals surface area (Å²) in [5, 5.41) is 19.7. The third kappa shape index (κ3) is 2.68. The van der Waals surface area contributed by atoms with E-state index < -0.39 is 0 Å². The molecule has 0 unspecified atom stereocenters. The van der Waals surface area contributed by atoms with E-state index in [4.69, 9.17) is 0 Å². The SMILES string of the molecule is Cc1ccc(-c2cnc(N=Nc3c(O)[nH]c4ccccc34)s2)cc1. The zero-order valence-electron chi connectivity index (χ0n) is 12.9. The predicted octanol–water partition coefficient (Wildman–Crippen LogP) is 5.72. The van der Waals surface area contributed by atoms with Crippen molar-refractivity contribution in [3.8, 4) is 16.3 Å². The molecule has 118 valence electrons. The van der Waals surface area contributed by atoms with Crippen molar-refractivity contribution in [1.29, 1.82) is 0 Å². The van der Waals surface area contributed by atoms with Crippen molar-refractivity contribution in [2.75, 3.05) is 0 Å². The highest BCUT2D eigenvalue weighted by molar-refractivity contribution is 7.18. The summed E-state index contributed by atoms with van der Waals surface area (Å²) in [4.78, 5) is 8.21. The molecule has 2 N–H and O–H groups in total. The monoisotopic (exact) mass is 334 g/mol. The van der Waals surface area contributed by atoms with Gasteiger partial charge in [0.05, 0.1) is 10.4 Å². The summed E-state index contributed by atoms with van der Waals surface area (Å²) in [5.41, 5.74) is 3.58. The maximum absolute atomic E-state index is 10.00. The summed E-state index contributed by atoms with van der Waals surface area (Å²) >= 11 is 1.46. The van der Waals surface area contributed by atoms with Gasteiger partial charge in [0, 0.05) is 11.6 Å². The Morgan fingerprint density at radius 3 is 2.67 bits per heavy atom. The number of hydrogen-bond acceptors (Lipinski definition) is 5. The van der Waals surface area contributed by atoms with Gasteiger partial charge in [0.15, 0.2) is 5.69 Å².